The van der Waals surface area contributed by atoms with Crippen LogP contribution in [-0.2, 0) is 9.59 Å². The van der Waals surface area contributed by atoms with Crippen LogP contribution in [-0.4, -0.2) is 45.5 Å². The van der Waals surface area contributed by atoms with Crippen molar-refractivity contribution in [2.75, 3.05) is 6.54 Å². The van der Waals surface area contributed by atoms with Gasteiger partial charge in [-0.15, -0.1) is 0 Å². The Morgan fingerprint density at radius 1 is 1.19 bits per heavy atom. The summed E-state index contributed by atoms with van der Waals surface area (Å²) in [6.45, 7) is -0.761. The van der Waals surface area contributed by atoms with E-state index in [4.69, 9.17) is 26.2 Å². The third kappa shape index (κ3) is 3.67. The van der Waals surface area contributed by atoms with Gasteiger partial charge >= 0.3 is 18.0 Å². The van der Waals surface area contributed by atoms with Crippen LogP contribution in [0, 0.1) is 0 Å². The van der Waals surface area contributed by atoms with Crippen molar-refractivity contribution in [2.24, 2.45) is 0 Å². The van der Waals surface area contributed by atoms with Crippen LogP contribution in [0.3, 0.4) is 0 Å². The van der Waals surface area contributed by atoms with E-state index in [1.165, 1.54) is 36.4 Å². The number of rotatable bonds is 5. The van der Waals surface area contributed by atoms with E-state index in [9.17, 15) is 19.2 Å². The first-order valence-electron chi connectivity index (χ1n) is 7.45. The summed E-state index contributed by atoms with van der Waals surface area (Å²) >= 11 is 6.08. The number of hydrogen-bond donors (Lipinski definition) is 3. The monoisotopic (exact) mass is 390 g/mol. The van der Waals surface area contributed by atoms with Crippen molar-refractivity contribution in [3.63, 3.8) is 0 Å². The zero-order valence-corrected chi connectivity index (χ0v) is 14.2. The van der Waals surface area contributed by atoms with E-state index in [1.807, 2.05) is 0 Å². The largest absolute Gasteiger partial charge is 0.480 e. The lowest BCUT2D eigenvalue weighted by Gasteiger charge is -2.06. The maximum Gasteiger partial charge on any atom is 0.335 e. The van der Waals surface area contributed by atoms with Crippen LogP contribution < -0.4 is 5.32 Å². The number of carboxylic acid groups (broad SMARTS) is 2. The number of hydrogen-bond acceptors (Lipinski definition) is 5. The summed E-state index contributed by atoms with van der Waals surface area (Å²) in [7, 11) is 0. The highest BCUT2D eigenvalue weighted by atomic mass is 35.5. The number of carboxylic acids is 2. The molecule has 3 amide bonds. The minimum absolute atomic E-state index is 0.0215. The molecule has 0 saturated carbocycles. The van der Waals surface area contributed by atoms with E-state index in [1.54, 1.807) is 0 Å². The quantitative estimate of drug-likeness (QED) is 0.526. The van der Waals surface area contributed by atoms with Crippen LogP contribution in [0.1, 0.15) is 16.1 Å². The molecule has 138 valence electrons. The fourth-order valence-corrected chi connectivity index (χ4v) is 2.63. The molecule has 1 fully saturated rings. The highest BCUT2D eigenvalue weighted by Crippen LogP contribution is 2.31. The fourth-order valence-electron chi connectivity index (χ4n) is 2.42. The molecule has 0 atom stereocenters. The van der Waals surface area contributed by atoms with Gasteiger partial charge in [0.05, 0.1) is 10.6 Å². The van der Waals surface area contributed by atoms with Crippen molar-refractivity contribution in [3.8, 4) is 11.3 Å². The molecule has 3 N–H and O–H groups in total. The summed E-state index contributed by atoms with van der Waals surface area (Å²) in [6.07, 6.45) is 1.24. The Hall–Kier alpha value is -3.59. The van der Waals surface area contributed by atoms with Gasteiger partial charge in [-0.05, 0) is 30.3 Å². The molecule has 3 rings (SSSR count). The minimum Gasteiger partial charge on any atom is -0.480 e. The number of furan rings is 1. The maximum atomic E-state index is 12.1. The summed E-state index contributed by atoms with van der Waals surface area (Å²) in [5.74, 6) is -2.81. The molecule has 1 aliphatic rings. The van der Waals surface area contributed by atoms with E-state index in [0.29, 0.717) is 10.5 Å². The van der Waals surface area contributed by atoms with Gasteiger partial charge < -0.3 is 19.9 Å². The van der Waals surface area contributed by atoms with E-state index in [-0.39, 0.29) is 27.8 Å². The predicted molar refractivity (Wildman–Crippen MR) is 92.0 cm³/mol. The van der Waals surface area contributed by atoms with E-state index < -0.39 is 30.4 Å². The minimum atomic E-state index is -1.33. The number of aromatic carboxylic acids is 1. The van der Waals surface area contributed by atoms with Gasteiger partial charge in [0.15, 0.2) is 0 Å². The van der Waals surface area contributed by atoms with Gasteiger partial charge in [0.2, 0.25) is 0 Å². The number of nitrogens with one attached hydrogen (secondary N) is 1. The second kappa shape index (κ2) is 6.96. The second-order valence-electron chi connectivity index (χ2n) is 5.47. The third-order valence-electron chi connectivity index (χ3n) is 3.65. The molecule has 1 aromatic heterocycles. The number of imide groups is 1. The summed E-state index contributed by atoms with van der Waals surface area (Å²) < 4.78 is 5.55. The topological polar surface area (TPSA) is 137 Å². The second-order valence-corrected chi connectivity index (χ2v) is 5.88. The van der Waals surface area contributed by atoms with Crippen molar-refractivity contribution in [1.29, 1.82) is 0 Å². The molecule has 9 nitrogen and oxygen atoms in total. The highest BCUT2D eigenvalue weighted by Gasteiger charge is 2.35. The lowest BCUT2D eigenvalue weighted by Crippen LogP contribution is -2.35. The van der Waals surface area contributed by atoms with Crippen molar-refractivity contribution in [1.82, 2.24) is 10.2 Å². The Bertz CT molecular complexity index is 1010. The predicted octanol–water partition coefficient (Wildman–Crippen LogP) is 2.28. The van der Waals surface area contributed by atoms with Gasteiger partial charge in [0.25, 0.3) is 5.91 Å². The number of benzene rings is 1. The normalized spacial score (nSPS) is 15.3. The maximum absolute atomic E-state index is 12.1. The standard InChI is InChI=1S/C17H11ClN2O7/c18-11-3-1-8(16(24)25)5-10(11)13-4-2-9(27-13)6-12-15(23)20(7-14(21)22)17(26)19-12/h1-6H,7H2,(H,19,26)(H,21,22)(H,24,25)/b12-6+. The number of halogens is 1. The SMILES string of the molecule is O=C(O)CN1C(=O)N/C(=C/c2ccc(-c3cc(C(=O)O)ccc3Cl)o2)C1=O. The number of carbonyl (C=O) groups is 4. The molecular weight excluding hydrogens is 380 g/mol. The van der Waals surface area contributed by atoms with Crippen LogP contribution in [0.4, 0.5) is 4.79 Å². The number of aliphatic carboxylic acids is 1. The van der Waals surface area contributed by atoms with E-state index in [0.717, 1.165) is 0 Å². The summed E-state index contributed by atoms with van der Waals surface area (Å²) in [5.41, 5.74) is 0.219. The van der Waals surface area contributed by atoms with Crippen molar-refractivity contribution >= 4 is 41.6 Å². The first-order valence-corrected chi connectivity index (χ1v) is 7.83. The molecule has 0 spiro atoms. The summed E-state index contributed by atoms with van der Waals surface area (Å²) in [5, 5.41) is 20.3. The van der Waals surface area contributed by atoms with Crippen molar-refractivity contribution in [3.05, 3.63) is 52.4 Å². The van der Waals surface area contributed by atoms with Crippen LogP contribution >= 0.6 is 11.6 Å². The average Bonchev–Trinajstić information content (AvgIpc) is 3.15. The van der Waals surface area contributed by atoms with Gasteiger partial charge in [-0.2, -0.15) is 0 Å². The van der Waals surface area contributed by atoms with Gasteiger partial charge in [0.1, 0.15) is 23.8 Å². The Balaban J connectivity index is 1.89. The molecule has 0 bridgehead atoms. The number of urea groups is 1. The zero-order valence-electron chi connectivity index (χ0n) is 13.4. The van der Waals surface area contributed by atoms with Gasteiger partial charge in [-0.25, -0.2) is 14.5 Å². The third-order valence-corrected chi connectivity index (χ3v) is 3.98. The number of carbonyl (C=O) groups excluding carboxylic acids is 2. The molecule has 0 unspecified atom stereocenters. The van der Waals surface area contributed by atoms with Crippen LogP contribution in [0.15, 0.2) is 40.4 Å². The molecule has 2 heterocycles. The van der Waals surface area contributed by atoms with Crippen LogP contribution in [0.2, 0.25) is 5.02 Å². The van der Waals surface area contributed by atoms with E-state index >= 15 is 0 Å². The molecule has 1 aromatic carbocycles. The van der Waals surface area contributed by atoms with Gasteiger partial charge in [-0.3, -0.25) is 9.59 Å². The van der Waals surface area contributed by atoms with Crippen molar-refractivity contribution < 1.29 is 33.8 Å². The highest BCUT2D eigenvalue weighted by molar-refractivity contribution is 6.33. The Morgan fingerprint density at radius 3 is 2.59 bits per heavy atom. The molecule has 0 radical (unpaired) electrons. The molecular formula is C17H11ClN2O7. The van der Waals surface area contributed by atoms with Crippen molar-refractivity contribution in [2.45, 2.75) is 0 Å². The molecule has 27 heavy (non-hydrogen) atoms. The van der Waals surface area contributed by atoms with Crippen LogP contribution in [0.25, 0.3) is 17.4 Å². The lowest BCUT2D eigenvalue weighted by atomic mass is 10.1. The number of amides is 3. The lowest BCUT2D eigenvalue weighted by molar-refractivity contribution is -0.140. The van der Waals surface area contributed by atoms with Gasteiger partial charge in [-0.1, -0.05) is 11.6 Å². The first kappa shape index (κ1) is 18.2. The zero-order chi connectivity index (χ0) is 19.7. The first-order chi connectivity index (χ1) is 12.8. The smallest absolute Gasteiger partial charge is 0.335 e. The van der Waals surface area contributed by atoms with E-state index in [2.05, 4.69) is 5.32 Å². The average molecular weight is 391 g/mol. The van der Waals surface area contributed by atoms with Gasteiger partial charge in [0, 0.05) is 11.6 Å². The molecule has 0 aliphatic carbocycles. The van der Waals surface area contributed by atoms with Crippen LogP contribution in [0.5, 0.6) is 0 Å². The Labute approximate surface area is 156 Å². The Kier molecular flexibility index (Phi) is 4.70. The fraction of sp³-hybridized carbons (Fsp3) is 0.0588. The molecule has 1 saturated heterocycles. The Morgan fingerprint density at radius 2 is 1.93 bits per heavy atom. The molecule has 10 heteroatoms. The summed E-state index contributed by atoms with van der Waals surface area (Å²) in [6, 6.07) is 6.28. The molecule has 1 aliphatic heterocycles. The summed E-state index contributed by atoms with van der Waals surface area (Å²) in [4.78, 5) is 46.1. The number of nitrogens with zero attached hydrogens (tertiary/aromatic N) is 1. The molecule has 2 aromatic rings.